The fraction of sp³-hybridized carbons (Fsp3) is 1.00. The average molecular weight is 168 g/mol. The van der Waals surface area contributed by atoms with E-state index in [4.69, 9.17) is 5.73 Å². The maximum absolute atomic E-state index is 5.93. The summed E-state index contributed by atoms with van der Waals surface area (Å²) in [6.07, 6.45) is 4.15. The molecule has 2 aliphatic rings. The second-order valence-electron chi connectivity index (χ2n) is 4.60. The number of hydrogen-bond donors (Lipinski definition) is 2. The number of piperidine rings is 1. The van der Waals surface area contributed by atoms with Crippen molar-refractivity contribution < 1.29 is 0 Å². The molecule has 4 atom stereocenters. The molecular weight excluding hydrogens is 148 g/mol. The summed E-state index contributed by atoms with van der Waals surface area (Å²) in [4.78, 5) is 0. The zero-order valence-electron chi connectivity index (χ0n) is 7.92. The molecule has 70 valence electrons. The number of nitrogens with two attached hydrogens (primary N) is 1. The van der Waals surface area contributed by atoms with Crippen LogP contribution in [0.25, 0.3) is 0 Å². The molecule has 0 amide bonds. The standard InChI is InChI=1S/C10H20N2/c1-7(11)9-4-8-2-3-12-6-10(8)5-9/h7-10,12H,2-6,11H2,1H3. The molecule has 0 spiro atoms. The third-order valence-electron chi connectivity index (χ3n) is 3.72. The Kier molecular flexibility index (Phi) is 2.37. The third-order valence-corrected chi connectivity index (χ3v) is 3.72. The maximum atomic E-state index is 5.93. The van der Waals surface area contributed by atoms with Crippen molar-refractivity contribution in [2.75, 3.05) is 13.1 Å². The Morgan fingerprint density at radius 3 is 2.75 bits per heavy atom. The topological polar surface area (TPSA) is 38.0 Å². The van der Waals surface area contributed by atoms with Crippen LogP contribution in [-0.2, 0) is 0 Å². The van der Waals surface area contributed by atoms with E-state index in [-0.39, 0.29) is 0 Å². The number of fused-ring (bicyclic) bond motifs is 1. The molecule has 1 aliphatic carbocycles. The molecule has 4 unspecified atom stereocenters. The van der Waals surface area contributed by atoms with Gasteiger partial charge in [0.2, 0.25) is 0 Å². The zero-order chi connectivity index (χ0) is 8.55. The minimum absolute atomic E-state index is 0.413. The second-order valence-corrected chi connectivity index (χ2v) is 4.60. The average Bonchev–Trinajstić information content (AvgIpc) is 2.46. The summed E-state index contributed by atoms with van der Waals surface area (Å²) in [7, 11) is 0. The molecule has 0 radical (unpaired) electrons. The summed E-state index contributed by atoms with van der Waals surface area (Å²) >= 11 is 0. The Hall–Kier alpha value is -0.0800. The predicted molar refractivity (Wildman–Crippen MR) is 50.8 cm³/mol. The Balaban J connectivity index is 1.94. The Labute approximate surface area is 74.9 Å². The lowest BCUT2D eigenvalue weighted by molar-refractivity contribution is 0.295. The zero-order valence-corrected chi connectivity index (χ0v) is 7.92. The molecule has 1 saturated carbocycles. The van der Waals surface area contributed by atoms with Crippen LogP contribution in [0.2, 0.25) is 0 Å². The molecule has 2 rings (SSSR count). The first-order valence-electron chi connectivity index (χ1n) is 5.23. The Morgan fingerprint density at radius 2 is 2.08 bits per heavy atom. The van der Waals surface area contributed by atoms with Crippen molar-refractivity contribution >= 4 is 0 Å². The molecule has 1 saturated heterocycles. The van der Waals surface area contributed by atoms with Gasteiger partial charge >= 0.3 is 0 Å². The van der Waals surface area contributed by atoms with E-state index in [0.717, 1.165) is 17.8 Å². The van der Waals surface area contributed by atoms with Crippen molar-refractivity contribution in [1.29, 1.82) is 0 Å². The summed E-state index contributed by atoms with van der Waals surface area (Å²) in [5, 5.41) is 3.47. The van der Waals surface area contributed by atoms with E-state index in [9.17, 15) is 0 Å². The van der Waals surface area contributed by atoms with Gasteiger partial charge in [0.05, 0.1) is 0 Å². The van der Waals surface area contributed by atoms with Gasteiger partial charge in [0.1, 0.15) is 0 Å². The van der Waals surface area contributed by atoms with Crippen LogP contribution >= 0.6 is 0 Å². The van der Waals surface area contributed by atoms with E-state index in [1.54, 1.807) is 0 Å². The van der Waals surface area contributed by atoms with Crippen LogP contribution in [-0.4, -0.2) is 19.1 Å². The van der Waals surface area contributed by atoms with Crippen LogP contribution in [0.4, 0.5) is 0 Å². The normalized spacial score (nSPS) is 44.0. The summed E-state index contributed by atoms with van der Waals surface area (Å²) in [5.41, 5.74) is 5.93. The van der Waals surface area contributed by atoms with Crippen molar-refractivity contribution in [3.63, 3.8) is 0 Å². The lowest BCUT2D eigenvalue weighted by atomic mass is 9.90. The van der Waals surface area contributed by atoms with Crippen molar-refractivity contribution in [2.24, 2.45) is 23.5 Å². The Bertz CT molecular complexity index is 142. The first-order valence-corrected chi connectivity index (χ1v) is 5.23. The van der Waals surface area contributed by atoms with Crippen LogP contribution in [0.1, 0.15) is 26.2 Å². The van der Waals surface area contributed by atoms with Crippen molar-refractivity contribution in [3.05, 3.63) is 0 Å². The molecule has 1 heterocycles. The van der Waals surface area contributed by atoms with Crippen LogP contribution in [0, 0.1) is 17.8 Å². The molecule has 12 heavy (non-hydrogen) atoms. The molecule has 3 N–H and O–H groups in total. The molecule has 0 aromatic rings. The first kappa shape index (κ1) is 8.52. The lowest BCUT2D eigenvalue weighted by Gasteiger charge is -2.25. The number of nitrogens with one attached hydrogen (secondary N) is 1. The summed E-state index contributed by atoms with van der Waals surface area (Å²) < 4.78 is 0. The SMILES string of the molecule is CC(N)C1CC2CCNCC2C1. The van der Waals surface area contributed by atoms with Gasteiger partial charge in [-0.25, -0.2) is 0 Å². The van der Waals surface area contributed by atoms with E-state index in [2.05, 4.69) is 12.2 Å². The van der Waals surface area contributed by atoms with E-state index in [1.165, 1.54) is 32.4 Å². The highest BCUT2D eigenvalue weighted by atomic mass is 14.9. The van der Waals surface area contributed by atoms with Crippen LogP contribution < -0.4 is 11.1 Å². The number of rotatable bonds is 1. The lowest BCUT2D eigenvalue weighted by Crippen LogP contribution is -2.33. The van der Waals surface area contributed by atoms with Crippen molar-refractivity contribution in [2.45, 2.75) is 32.2 Å². The molecule has 0 aromatic heterocycles. The van der Waals surface area contributed by atoms with Crippen LogP contribution in [0.3, 0.4) is 0 Å². The maximum Gasteiger partial charge on any atom is 0.00389 e. The molecule has 2 fully saturated rings. The van der Waals surface area contributed by atoms with Gasteiger partial charge in [-0.2, -0.15) is 0 Å². The third kappa shape index (κ3) is 1.50. The minimum atomic E-state index is 0.413. The summed E-state index contributed by atoms with van der Waals surface area (Å²) in [6.45, 7) is 4.64. The summed E-state index contributed by atoms with van der Waals surface area (Å²) in [5.74, 6) is 2.73. The van der Waals surface area contributed by atoms with Crippen LogP contribution in [0.15, 0.2) is 0 Å². The van der Waals surface area contributed by atoms with Gasteiger partial charge in [0.15, 0.2) is 0 Å². The molecule has 2 nitrogen and oxygen atoms in total. The van der Waals surface area contributed by atoms with Gasteiger partial charge in [-0.1, -0.05) is 0 Å². The van der Waals surface area contributed by atoms with E-state index in [0.29, 0.717) is 6.04 Å². The highest BCUT2D eigenvalue weighted by Crippen LogP contribution is 2.40. The number of hydrogen-bond acceptors (Lipinski definition) is 2. The predicted octanol–water partition coefficient (Wildman–Crippen LogP) is 0.969. The quantitative estimate of drug-likeness (QED) is 0.612. The molecule has 2 heteroatoms. The Morgan fingerprint density at radius 1 is 1.33 bits per heavy atom. The van der Waals surface area contributed by atoms with E-state index >= 15 is 0 Å². The largest absolute Gasteiger partial charge is 0.328 e. The fourth-order valence-corrected chi connectivity index (χ4v) is 2.87. The highest BCUT2D eigenvalue weighted by Gasteiger charge is 2.36. The first-order chi connectivity index (χ1) is 5.77. The summed E-state index contributed by atoms with van der Waals surface area (Å²) in [6, 6.07) is 0.413. The molecule has 1 aliphatic heterocycles. The van der Waals surface area contributed by atoms with Gasteiger partial charge in [-0.3, -0.25) is 0 Å². The molecular formula is C10H20N2. The van der Waals surface area contributed by atoms with Gasteiger partial charge in [0.25, 0.3) is 0 Å². The van der Waals surface area contributed by atoms with Gasteiger partial charge in [-0.15, -0.1) is 0 Å². The monoisotopic (exact) mass is 168 g/mol. The van der Waals surface area contributed by atoms with Gasteiger partial charge in [0, 0.05) is 6.04 Å². The smallest absolute Gasteiger partial charge is 0.00389 e. The van der Waals surface area contributed by atoms with E-state index in [1.807, 2.05) is 0 Å². The highest BCUT2D eigenvalue weighted by molar-refractivity contribution is 4.90. The van der Waals surface area contributed by atoms with E-state index < -0.39 is 0 Å². The molecule has 0 aromatic carbocycles. The molecule has 0 bridgehead atoms. The van der Waals surface area contributed by atoms with Gasteiger partial charge in [-0.05, 0) is 57.0 Å². The van der Waals surface area contributed by atoms with Crippen LogP contribution in [0.5, 0.6) is 0 Å². The minimum Gasteiger partial charge on any atom is -0.328 e. The van der Waals surface area contributed by atoms with Crippen molar-refractivity contribution in [3.8, 4) is 0 Å². The fourth-order valence-electron chi connectivity index (χ4n) is 2.87. The van der Waals surface area contributed by atoms with Gasteiger partial charge < -0.3 is 11.1 Å². The van der Waals surface area contributed by atoms with Crippen molar-refractivity contribution in [1.82, 2.24) is 5.32 Å². The second kappa shape index (κ2) is 3.35.